The van der Waals surface area contributed by atoms with Gasteiger partial charge in [-0.15, -0.1) is 0 Å². The van der Waals surface area contributed by atoms with E-state index in [1.165, 1.54) is 0 Å². The van der Waals surface area contributed by atoms with Crippen LogP contribution in [0.1, 0.15) is 57.7 Å². The number of rotatable bonds is 11. The van der Waals surface area contributed by atoms with E-state index in [4.69, 9.17) is 10.5 Å². The van der Waals surface area contributed by atoms with E-state index in [1.807, 2.05) is 65.6 Å². The van der Waals surface area contributed by atoms with Crippen molar-refractivity contribution in [2.24, 2.45) is 11.1 Å². The van der Waals surface area contributed by atoms with E-state index in [0.717, 1.165) is 24.0 Å². The number of amides is 3. The maximum absolute atomic E-state index is 13.8. The first kappa shape index (κ1) is 30.9. The predicted octanol–water partition coefficient (Wildman–Crippen LogP) is 3.50. The summed E-state index contributed by atoms with van der Waals surface area (Å²) in [4.78, 5) is 46.1. The first-order valence-electron chi connectivity index (χ1n) is 14.3. The lowest BCUT2D eigenvalue weighted by Crippen LogP contribution is -2.56. The molecule has 4 N–H and O–H groups in total. The van der Waals surface area contributed by atoms with Crippen LogP contribution in [-0.4, -0.2) is 63.4 Å². The molecule has 42 heavy (non-hydrogen) atoms. The molecule has 1 unspecified atom stereocenters. The second-order valence-corrected chi connectivity index (χ2v) is 12.2. The van der Waals surface area contributed by atoms with Crippen molar-refractivity contribution in [2.75, 3.05) is 25.0 Å². The summed E-state index contributed by atoms with van der Waals surface area (Å²) in [5.41, 5.74) is 6.75. The Morgan fingerprint density at radius 1 is 1.02 bits per heavy atom. The van der Waals surface area contributed by atoms with E-state index in [1.54, 1.807) is 30.9 Å². The maximum Gasteiger partial charge on any atom is 0.250 e. The molecule has 224 valence electrons. The average Bonchev–Trinajstić information content (AvgIpc) is 3.40. The molecule has 1 saturated heterocycles. The quantitative estimate of drug-likeness (QED) is 0.321. The molecule has 2 atom stereocenters. The van der Waals surface area contributed by atoms with Crippen molar-refractivity contribution in [1.82, 2.24) is 19.8 Å². The highest BCUT2D eigenvalue weighted by Crippen LogP contribution is 2.32. The molecule has 3 aromatic rings. The molecule has 2 aromatic carbocycles. The van der Waals surface area contributed by atoms with Crippen LogP contribution in [-0.2, 0) is 25.7 Å². The third kappa shape index (κ3) is 8.27. The summed E-state index contributed by atoms with van der Waals surface area (Å²) in [7, 11) is 0. The Bertz CT molecular complexity index is 1340. The Balaban J connectivity index is 1.49. The van der Waals surface area contributed by atoms with Crippen molar-refractivity contribution in [2.45, 2.75) is 64.8 Å². The molecule has 10 nitrogen and oxygen atoms in total. The number of piperidine rings is 1. The monoisotopic (exact) mass is 574 g/mol. The summed E-state index contributed by atoms with van der Waals surface area (Å²) in [6.07, 6.45) is 5.05. The fourth-order valence-electron chi connectivity index (χ4n) is 4.73. The van der Waals surface area contributed by atoms with E-state index in [9.17, 15) is 14.4 Å². The number of hydrogen-bond donors (Lipinski definition) is 3. The van der Waals surface area contributed by atoms with Crippen molar-refractivity contribution in [3.05, 3.63) is 84.3 Å². The summed E-state index contributed by atoms with van der Waals surface area (Å²) in [6, 6.07) is 17.4. The van der Waals surface area contributed by atoms with Crippen LogP contribution in [0.25, 0.3) is 0 Å². The Labute approximate surface area is 247 Å². The number of carbonyl (C=O) groups excluding carboxylic acids is 3. The van der Waals surface area contributed by atoms with Gasteiger partial charge in [0.05, 0.1) is 25.1 Å². The number of aromatic nitrogens is 2. The number of ether oxygens (including phenoxy) is 1. The zero-order valence-electron chi connectivity index (χ0n) is 24.9. The van der Waals surface area contributed by atoms with Crippen molar-refractivity contribution >= 4 is 23.5 Å². The fraction of sp³-hybridized carbons (Fsp3) is 0.438. The molecule has 3 amide bonds. The van der Waals surface area contributed by atoms with Crippen LogP contribution in [0.15, 0.2) is 73.2 Å². The Morgan fingerprint density at radius 2 is 1.64 bits per heavy atom. The van der Waals surface area contributed by atoms with Crippen molar-refractivity contribution in [3.63, 3.8) is 0 Å². The van der Waals surface area contributed by atoms with Crippen LogP contribution in [0.3, 0.4) is 0 Å². The molecule has 0 spiro atoms. The normalized spacial score (nSPS) is 16.4. The number of nitrogens with zero attached hydrogens (tertiary/aromatic N) is 3. The number of carbonyl (C=O) groups is 3. The van der Waals surface area contributed by atoms with Gasteiger partial charge in [-0.1, -0.05) is 74.5 Å². The van der Waals surface area contributed by atoms with Crippen LogP contribution in [0, 0.1) is 5.41 Å². The molecule has 4 rings (SSSR count). The summed E-state index contributed by atoms with van der Waals surface area (Å²) < 4.78 is 7.49. The van der Waals surface area contributed by atoms with Gasteiger partial charge in [0.2, 0.25) is 11.8 Å². The van der Waals surface area contributed by atoms with E-state index in [0.29, 0.717) is 13.1 Å². The highest BCUT2D eigenvalue weighted by Gasteiger charge is 2.33. The van der Waals surface area contributed by atoms with Crippen LogP contribution < -0.4 is 16.4 Å². The van der Waals surface area contributed by atoms with Gasteiger partial charge in [-0.3, -0.25) is 14.4 Å². The molecule has 1 aliphatic rings. The third-order valence-corrected chi connectivity index (χ3v) is 7.53. The van der Waals surface area contributed by atoms with Crippen molar-refractivity contribution in [1.29, 1.82) is 0 Å². The van der Waals surface area contributed by atoms with Gasteiger partial charge >= 0.3 is 0 Å². The van der Waals surface area contributed by atoms with E-state index >= 15 is 0 Å². The highest BCUT2D eigenvalue weighted by molar-refractivity contribution is 5.98. The van der Waals surface area contributed by atoms with Gasteiger partial charge in [0.25, 0.3) is 5.91 Å². The number of likely N-dealkylation sites (tertiary alicyclic amines) is 1. The Morgan fingerprint density at radius 3 is 2.26 bits per heavy atom. The van der Waals surface area contributed by atoms with Gasteiger partial charge in [0.1, 0.15) is 12.1 Å². The van der Waals surface area contributed by atoms with E-state index in [2.05, 4.69) is 29.5 Å². The standard InChI is InChI=1S/C32H42N6O4/c1-31(2)15-17-37(18-16-31)29(40)27(24-13-9-6-10-14-24)38-19-26(34-22-38)36-28(39)25(35-30(41)32(3,4)33)21-42-20-23-11-7-5-8-12-23/h5-14,19,22,25,27H,15-18,20-21,33H2,1-4H3,(H,35,41)(H,36,39)/t25-,27?/m1/s1. The van der Waals surface area contributed by atoms with Gasteiger partial charge in [-0.25, -0.2) is 4.98 Å². The lowest BCUT2D eigenvalue weighted by molar-refractivity contribution is -0.135. The van der Waals surface area contributed by atoms with Crippen LogP contribution in [0.2, 0.25) is 0 Å². The zero-order valence-corrected chi connectivity index (χ0v) is 24.9. The molecular weight excluding hydrogens is 532 g/mol. The SMILES string of the molecule is CC1(C)CCN(C(=O)C(c2ccccc2)n2cnc(NC(=O)[C@@H](COCc3ccccc3)NC(=O)C(C)(C)N)c2)CC1. The summed E-state index contributed by atoms with van der Waals surface area (Å²) in [5.74, 6) is -0.762. The molecule has 1 fully saturated rings. The zero-order chi connectivity index (χ0) is 30.3. The molecule has 0 saturated carbocycles. The second-order valence-electron chi connectivity index (χ2n) is 12.2. The fourth-order valence-corrected chi connectivity index (χ4v) is 4.73. The number of nitrogens with one attached hydrogen (secondary N) is 2. The number of anilines is 1. The molecule has 2 heterocycles. The topological polar surface area (TPSA) is 132 Å². The third-order valence-electron chi connectivity index (χ3n) is 7.53. The minimum atomic E-state index is -1.19. The highest BCUT2D eigenvalue weighted by atomic mass is 16.5. The first-order chi connectivity index (χ1) is 19.9. The summed E-state index contributed by atoms with van der Waals surface area (Å²) >= 11 is 0. The van der Waals surface area contributed by atoms with Crippen LogP contribution in [0.4, 0.5) is 5.82 Å². The number of benzene rings is 2. The molecule has 1 aromatic heterocycles. The minimum Gasteiger partial charge on any atom is -0.374 e. The lowest BCUT2D eigenvalue weighted by atomic mass is 9.82. The maximum atomic E-state index is 13.8. The largest absolute Gasteiger partial charge is 0.374 e. The number of imidazole rings is 1. The summed E-state index contributed by atoms with van der Waals surface area (Å²) in [5, 5.41) is 5.46. The van der Waals surface area contributed by atoms with Gasteiger partial charge in [0, 0.05) is 19.3 Å². The summed E-state index contributed by atoms with van der Waals surface area (Å²) in [6.45, 7) is 9.16. The van der Waals surface area contributed by atoms with Gasteiger partial charge in [0.15, 0.2) is 5.82 Å². The Kier molecular flexibility index (Phi) is 9.80. The lowest BCUT2D eigenvalue weighted by Gasteiger charge is -2.38. The van der Waals surface area contributed by atoms with Crippen LogP contribution in [0.5, 0.6) is 0 Å². The first-order valence-corrected chi connectivity index (χ1v) is 14.3. The van der Waals surface area contributed by atoms with Gasteiger partial charge in [-0.2, -0.15) is 0 Å². The van der Waals surface area contributed by atoms with Gasteiger partial charge in [-0.05, 0) is 43.2 Å². The molecule has 0 aliphatic carbocycles. The van der Waals surface area contributed by atoms with Crippen molar-refractivity contribution in [3.8, 4) is 0 Å². The van der Waals surface area contributed by atoms with E-state index in [-0.39, 0.29) is 30.4 Å². The smallest absolute Gasteiger partial charge is 0.250 e. The molecule has 10 heteroatoms. The molecule has 1 aliphatic heterocycles. The van der Waals surface area contributed by atoms with Crippen LogP contribution >= 0.6 is 0 Å². The average molecular weight is 575 g/mol. The minimum absolute atomic E-state index is 0.0170. The van der Waals surface area contributed by atoms with Gasteiger partial charge < -0.3 is 30.6 Å². The molecule has 0 bridgehead atoms. The molecular formula is C32H42N6O4. The Hall–Kier alpha value is -4.02. The second kappa shape index (κ2) is 13.3. The van der Waals surface area contributed by atoms with E-state index < -0.39 is 29.4 Å². The molecule has 0 radical (unpaired) electrons. The predicted molar refractivity (Wildman–Crippen MR) is 161 cm³/mol. The number of hydrogen-bond acceptors (Lipinski definition) is 6. The van der Waals surface area contributed by atoms with Crippen molar-refractivity contribution < 1.29 is 19.1 Å². The number of nitrogens with two attached hydrogens (primary N) is 1.